The molecule has 1 atom stereocenters. The maximum absolute atomic E-state index is 12.7. The van der Waals surface area contributed by atoms with Gasteiger partial charge in [-0.3, -0.25) is 15.4 Å². The standard InChI is InChI=1S/C14H23IN2O2/c1-11(2,3)13(7-5-6-8-13)19-10(18)12(4,15)14-9(16-14)17-14/h9,16-17H,5-8H2,1-4H3. The minimum Gasteiger partial charge on any atom is -0.457 e. The van der Waals surface area contributed by atoms with E-state index in [1.807, 2.05) is 6.92 Å². The molecule has 0 aromatic heterocycles. The molecule has 1 unspecified atom stereocenters. The lowest BCUT2D eigenvalue weighted by atomic mass is 9.75. The highest BCUT2D eigenvalue weighted by Gasteiger charge is 2.81. The summed E-state index contributed by atoms with van der Waals surface area (Å²) in [4.78, 5) is 12.7. The van der Waals surface area contributed by atoms with E-state index in [1.165, 1.54) is 0 Å². The minimum atomic E-state index is -0.531. The average molecular weight is 378 g/mol. The second kappa shape index (κ2) is 3.85. The number of halogens is 1. The molecular weight excluding hydrogens is 355 g/mol. The van der Waals surface area contributed by atoms with Crippen molar-refractivity contribution in [2.75, 3.05) is 0 Å². The van der Waals surface area contributed by atoms with Crippen molar-refractivity contribution in [3.05, 3.63) is 0 Å². The van der Waals surface area contributed by atoms with Crippen LogP contribution >= 0.6 is 22.6 Å². The van der Waals surface area contributed by atoms with Crippen LogP contribution in [0.15, 0.2) is 0 Å². The number of nitrogens with one attached hydrogen (secondary N) is 2. The Labute approximate surface area is 128 Å². The summed E-state index contributed by atoms with van der Waals surface area (Å²) in [5.74, 6) is -0.0788. The first-order valence-corrected chi connectivity index (χ1v) is 8.20. The number of hydrogen-bond acceptors (Lipinski definition) is 4. The maximum Gasteiger partial charge on any atom is 0.325 e. The summed E-state index contributed by atoms with van der Waals surface area (Å²) in [7, 11) is 0. The molecule has 0 amide bonds. The molecule has 0 aromatic rings. The van der Waals surface area contributed by atoms with E-state index in [4.69, 9.17) is 4.74 Å². The first kappa shape index (κ1) is 14.1. The molecule has 108 valence electrons. The van der Waals surface area contributed by atoms with Gasteiger partial charge in [0.1, 0.15) is 11.3 Å². The van der Waals surface area contributed by atoms with E-state index in [0.717, 1.165) is 25.7 Å². The van der Waals surface area contributed by atoms with Crippen LogP contribution in [0.1, 0.15) is 53.4 Å². The predicted octanol–water partition coefficient (Wildman–Crippen LogP) is 2.31. The van der Waals surface area contributed by atoms with Crippen LogP contribution < -0.4 is 10.6 Å². The van der Waals surface area contributed by atoms with E-state index in [9.17, 15) is 4.79 Å². The fourth-order valence-corrected chi connectivity index (χ4v) is 4.03. The number of ether oxygens (including phenoxy) is 1. The lowest BCUT2D eigenvalue weighted by Crippen LogP contribution is -2.53. The lowest BCUT2D eigenvalue weighted by molar-refractivity contribution is -0.175. The van der Waals surface area contributed by atoms with E-state index < -0.39 is 3.42 Å². The number of alkyl halides is 1. The fraction of sp³-hybridized carbons (Fsp3) is 0.929. The normalized spacial score (nSPS) is 38.3. The van der Waals surface area contributed by atoms with E-state index in [-0.39, 0.29) is 22.6 Å². The molecule has 4 nitrogen and oxygen atoms in total. The molecule has 1 aliphatic carbocycles. The van der Waals surface area contributed by atoms with Gasteiger partial charge in [-0.2, -0.15) is 0 Å². The van der Waals surface area contributed by atoms with E-state index in [1.54, 1.807) is 0 Å². The molecule has 3 fully saturated rings. The van der Waals surface area contributed by atoms with Crippen LogP contribution in [0.2, 0.25) is 0 Å². The van der Waals surface area contributed by atoms with Crippen LogP contribution in [-0.2, 0) is 9.53 Å². The predicted molar refractivity (Wildman–Crippen MR) is 82.0 cm³/mol. The number of fused-ring (bicyclic) bond motifs is 1. The van der Waals surface area contributed by atoms with Crippen LogP contribution in [0.4, 0.5) is 0 Å². The molecule has 5 heteroatoms. The highest BCUT2D eigenvalue weighted by molar-refractivity contribution is 14.1. The molecule has 0 bridgehead atoms. The largest absolute Gasteiger partial charge is 0.457 e. The summed E-state index contributed by atoms with van der Waals surface area (Å²) in [5, 5.41) is 6.57. The Morgan fingerprint density at radius 1 is 1.21 bits per heavy atom. The van der Waals surface area contributed by atoms with Crippen LogP contribution in [0.25, 0.3) is 0 Å². The van der Waals surface area contributed by atoms with Crippen molar-refractivity contribution in [1.82, 2.24) is 10.6 Å². The van der Waals surface area contributed by atoms with Gasteiger partial charge in [-0.05, 0) is 32.6 Å². The number of carbonyl (C=O) groups excluding carboxylic acids is 1. The molecule has 1 saturated carbocycles. The Morgan fingerprint density at radius 2 is 1.68 bits per heavy atom. The number of hydrogen-bond donors (Lipinski definition) is 2. The second-order valence-corrected chi connectivity index (χ2v) is 9.53. The smallest absolute Gasteiger partial charge is 0.325 e. The molecule has 2 saturated heterocycles. The van der Waals surface area contributed by atoms with Gasteiger partial charge < -0.3 is 4.74 Å². The van der Waals surface area contributed by atoms with E-state index in [2.05, 4.69) is 54.0 Å². The third-order valence-corrected chi connectivity index (χ3v) is 6.49. The highest BCUT2D eigenvalue weighted by atomic mass is 127. The third-order valence-electron chi connectivity index (χ3n) is 5.20. The summed E-state index contributed by atoms with van der Waals surface area (Å²) in [6.45, 7) is 8.51. The van der Waals surface area contributed by atoms with Gasteiger partial charge in [-0.15, -0.1) is 0 Å². The second-order valence-electron chi connectivity index (χ2n) is 7.37. The molecular formula is C14H23IN2O2. The zero-order chi connectivity index (χ0) is 14.1. The molecule has 19 heavy (non-hydrogen) atoms. The van der Waals surface area contributed by atoms with Crippen molar-refractivity contribution in [3.63, 3.8) is 0 Å². The molecule has 3 rings (SSSR count). The topological polar surface area (TPSA) is 70.2 Å². The van der Waals surface area contributed by atoms with Crippen LogP contribution in [0, 0.1) is 5.41 Å². The summed E-state index contributed by atoms with van der Waals surface area (Å²) in [6, 6.07) is 0. The zero-order valence-corrected chi connectivity index (χ0v) is 14.3. The molecule has 3 aliphatic rings. The first-order chi connectivity index (χ1) is 8.65. The molecule has 0 radical (unpaired) electrons. The van der Waals surface area contributed by atoms with Crippen LogP contribution in [0.3, 0.4) is 0 Å². The summed E-state index contributed by atoms with van der Waals surface area (Å²) < 4.78 is 5.56. The monoisotopic (exact) mass is 378 g/mol. The van der Waals surface area contributed by atoms with Crippen molar-refractivity contribution in [3.8, 4) is 0 Å². The molecule has 0 spiro atoms. The molecule has 2 aliphatic heterocycles. The van der Waals surface area contributed by atoms with Gasteiger partial charge >= 0.3 is 5.97 Å². The average Bonchev–Trinajstić information content (AvgIpc) is 3.07. The molecule has 2 N–H and O–H groups in total. The lowest BCUT2D eigenvalue weighted by Gasteiger charge is -2.42. The Kier molecular flexibility index (Phi) is 2.86. The quantitative estimate of drug-likeness (QED) is 0.342. The van der Waals surface area contributed by atoms with Crippen molar-refractivity contribution >= 4 is 28.6 Å². The first-order valence-electron chi connectivity index (χ1n) is 7.12. The fourth-order valence-electron chi connectivity index (χ4n) is 3.30. The third kappa shape index (κ3) is 1.87. The number of carbonyl (C=O) groups is 1. The highest BCUT2D eigenvalue weighted by Crippen LogP contribution is 2.54. The van der Waals surface area contributed by atoms with Gasteiger partial charge in [-0.25, -0.2) is 0 Å². The summed E-state index contributed by atoms with van der Waals surface area (Å²) >= 11 is 2.23. The Morgan fingerprint density at radius 3 is 2.05 bits per heavy atom. The Hall–Kier alpha value is 0.120. The van der Waals surface area contributed by atoms with Crippen molar-refractivity contribution in [1.29, 1.82) is 0 Å². The van der Waals surface area contributed by atoms with Gasteiger partial charge in [0.2, 0.25) is 0 Å². The number of rotatable bonds is 3. The Bertz CT molecular complexity index is 416. The van der Waals surface area contributed by atoms with Crippen LogP contribution in [-0.4, -0.2) is 26.8 Å². The number of esters is 1. The van der Waals surface area contributed by atoms with E-state index >= 15 is 0 Å². The van der Waals surface area contributed by atoms with Gasteiger partial charge in [0, 0.05) is 5.41 Å². The summed E-state index contributed by atoms with van der Waals surface area (Å²) in [6.07, 6.45) is 4.62. The van der Waals surface area contributed by atoms with Crippen LogP contribution in [0.5, 0.6) is 0 Å². The van der Waals surface area contributed by atoms with Gasteiger partial charge in [0.15, 0.2) is 3.42 Å². The van der Waals surface area contributed by atoms with Crippen molar-refractivity contribution < 1.29 is 9.53 Å². The van der Waals surface area contributed by atoms with Crippen molar-refractivity contribution in [2.24, 2.45) is 5.41 Å². The van der Waals surface area contributed by atoms with E-state index in [0.29, 0.717) is 6.17 Å². The maximum atomic E-state index is 12.7. The minimum absolute atomic E-state index is 0.00307. The molecule has 0 aromatic carbocycles. The summed E-state index contributed by atoms with van der Waals surface area (Å²) in [5.41, 5.74) is -0.480. The Balaban J connectivity index is 1.77. The van der Waals surface area contributed by atoms with Gasteiger partial charge in [-0.1, -0.05) is 43.4 Å². The van der Waals surface area contributed by atoms with Gasteiger partial charge in [0.05, 0.1) is 6.17 Å². The van der Waals surface area contributed by atoms with Gasteiger partial charge in [0.25, 0.3) is 0 Å². The molecule has 2 heterocycles. The SMILES string of the molecule is CC(C)(C)C1(OC(=O)C(C)(I)C23NC2N3)CCCC1. The van der Waals surface area contributed by atoms with Crippen molar-refractivity contribution in [2.45, 2.75) is 74.2 Å². The zero-order valence-electron chi connectivity index (χ0n) is 12.1.